The van der Waals surface area contributed by atoms with Crippen LogP contribution < -0.4 is 10.0 Å². The van der Waals surface area contributed by atoms with E-state index in [1.807, 2.05) is 0 Å². The van der Waals surface area contributed by atoms with Crippen molar-refractivity contribution in [3.8, 4) is 0 Å². The van der Waals surface area contributed by atoms with Crippen LogP contribution in [0, 0.1) is 0 Å². The third-order valence-electron chi connectivity index (χ3n) is 3.01. The molecule has 8 nitrogen and oxygen atoms in total. The number of amides is 1. The molecule has 0 saturated heterocycles. The Bertz CT molecular complexity index is 856. The van der Waals surface area contributed by atoms with E-state index in [1.54, 1.807) is 19.1 Å². The van der Waals surface area contributed by atoms with E-state index in [-0.39, 0.29) is 28.7 Å². The van der Waals surface area contributed by atoms with Gasteiger partial charge in [0.1, 0.15) is 0 Å². The van der Waals surface area contributed by atoms with Crippen molar-refractivity contribution >= 4 is 27.6 Å². The number of carbonyl (C=O) groups excluding carboxylic acids is 2. The second-order valence-corrected chi connectivity index (χ2v) is 6.36. The zero-order chi connectivity index (χ0) is 17.7. The number of rotatable bonds is 6. The molecule has 0 fully saturated rings. The topological polar surface area (TPSA) is 115 Å². The van der Waals surface area contributed by atoms with Gasteiger partial charge < -0.3 is 14.5 Å². The van der Waals surface area contributed by atoms with Gasteiger partial charge in [-0.15, -0.1) is 0 Å². The highest BCUT2D eigenvalue weighted by Gasteiger charge is 2.21. The highest BCUT2D eigenvalue weighted by molar-refractivity contribution is 7.89. The Morgan fingerprint density at radius 3 is 2.54 bits per heavy atom. The molecular formula is C15H16N2O6S. The minimum Gasteiger partial charge on any atom is -0.462 e. The van der Waals surface area contributed by atoms with E-state index >= 15 is 0 Å². The Morgan fingerprint density at radius 1 is 1.17 bits per heavy atom. The van der Waals surface area contributed by atoms with Crippen molar-refractivity contribution in [2.45, 2.75) is 12.0 Å². The first-order valence-electron chi connectivity index (χ1n) is 7.00. The summed E-state index contributed by atoms with van der Waals surface area (Å²) in [6, 6.07) is 8.69. The van der Waals surface area contributed by atoms with E-state index in [1.165, 1.54) is 25.2 Å². The maximum atomic E-state index is 12.2. The van der Waals surface area contributed by atoms with Crippen molar-refractivity contribution < 1.29 is 27.2 Å². The first-order chi connectivity index (χ1) is 11.4. The molecule has 0 aliphatic heterocycles. The van der Waals surface area contributed by atoms with E-state index in [9.17, 15) is 18.0 Å². The van der Waals surface area contributed by atoms with Gasteiger partial charge >= 0.3 is 5.97 Å². The van der Waals surface area contributed by atoms with E-state index < -0.39 is 21.9 Å². The number of ether oxygens (including phenoxy) is 1. The van der Waals surface area contributed by atoms with E-state index in [0.29, 0.717) is 0 Å². The lowest BCUT2D eigenvalue weighted by Crippen LogP contribution is -2.18. The monoisotopic (exact) mass is 352 g/mol. The maximum absolute atomic E-state index is 12.2. The number of sulfonamides is 1. The molecule has 0 spiro atoms. The summed E-state index contributed by atoms with van der Waals surface area (Å²) in [5, 5.41) is 2.12. The summed E-state index contributed by atoms with van der Waals surface area (Å²) in [4.78, 5) is 24.1. The largest absolute Gasteiger partial charge is 0.462 e. The summed E-state index contributed by atoms with van der Waals surface area (Å²) in [5.41, 5.74) is 0.415. The maximum Gasteiger partial charge on any atom is 0.340 e. The lowest BCUT2D eigenvalue weighted by atomic mass is 10.1. The fraction of sp³-hybridized carbons (Fsp3) is 0.200. The van der Waals surface area contributed by atoms with Gasteiger partial charge in [0, 0.05) is 0 Å². The van der Waals surface area contributed by atoms with Crippen molar-refractivity contribution in [1.82, 2.24) is 4.72 Å². The smallest absolute Gasteiger partial charge is 0.340 e. The number of anilines is 1. The summed E-state index contributed by atoms with van der Waals surface area (Å²) in [7, 11) is -2.55. The average molecular weight is 352 g/mol. The Balaban J connectivity index is 2.24. The zero-order valence-corrected chi connectivity index (χ0v) is 13.8. The Kier molecular flexibility index (Phi) is 5.37. The van der Waals surface area contributed by atoms with E-state index in [0.717, 1.165) is 6.07 Å². The number of benzene rings is 1. The van der Waals surface area contributed by atoms with Gasteiger partial charge in [0.2, 0.25) is 5.09 Å². The third kappa shape index (κ3) is 3.81. The van der Waals surface area contributed by atoms with Gasteiger partial charge in [0.15, 0.2) is 5.76 Å². The first-order valence-corrected chi connectivity index (χ1v) is 8.48. The number of carbonyl (C=O) groups is 2. The Morgan fingerprint density at radius 2 is 1.88 bits per heavy atom. The molecule has 1 heterocycles. The molecular weight excluding hydrogens is 336 g/mol. The molecule has 0 bridgehead atoms. The summed E-state index contributed by atoms with van der Waals surface area (Å²) < 4.78 is 35.3. The summed E-state index contributed by atoms with van der Waals surface area (Å²) >= 11 is 0. The lowest BCUT2D eigenvalue weighted by Gasteiger charge is -2.09. The molecule has 0 saturated carbocycles. The van der Waals surface area contributed by atoms with Gasteiger partial charge in [-0.1, -0.05) is 12.1 Å². The van der Waals surface area contributed by atoms with Crippen LogP contribution in [0.2, 0.25) is 0 Å². The van der Waals surface area contributed by atoms with Crippen LogP contribution in [0.15, 0.2) is 45.9 Å². The highest BCUT2D eigenvalue weighted by atomic mass is 32.2. The molecule has 2 aromatic rings. The molecule has 1 aromatic carbocycles. The quantitative estimate of drug-likeness (QED) is 0.764. The van der Waals surface area contributed by atoms with Crippen molar-refractivity contribution in [3.63, 3.8) is 0 Å². The normalized spacial score (nSPS) is 11.1. The van der Waals surface area contributed by atoms with Gasteiger partial charge in [-0.25, -0.2) is 17.9 Å². The third-order valence-corrected chi connectivity index (χ3v) is 4.30. The molecule has 1 amide bonds. The van der Waals surface area contributed by atoms with Gasteiger partial charge in [-0.05, 0) is 38.2 Å². The Labute approximate surface area is 138 Å². The van der Waals surface area contributed by atoms with E-state index in [2.05, 4.69) is 10.0 Å². The van der Waals surface area contributed by atoms with Crippen molar-refractivity contribution in [2.24, 2.45) is 0 Å². The molecule has 0 unspecified atom stereocenters. The molecule has 0 aliphatic rings. The van der Waals surface area contributed by atoms with Gasteiger partial charge in [-0.3, -0.25) is 4.79 Å². The minimum atomic E-state index is -3.78. The molecule has 24 heavy (non-hydrogen) atoms. The molecule has 2 rings (SSSR count). The van der Waals surface area contributed by atoms with Crippen LogP contribution in [-0.4, -0.2) is 33.9 Å². The van der Waals surface area contributed by atoms with Crippen LogP contribution in [0.25, 0.3) is 0 Å². The van der Waals surface area contributed by atoms with Gasteiger partial charge in [0.25, 0.3) is 15.9 Å². The predicted molar refractivity (Wildman–Crippen MR) is 85.3 cm³/mol. The fourth-order valence-corrected chi connectivity index (χ4v) is 2.50. The van der Waals surface area contributed by atoms with Crippen molar-refractivity contribution in [1.29, 1.82) is 0 Å². The molecule has 2 N–H and O–H groups in total. The molecule has 9 heteroatoms. The van der Waals surface area contributed by atoms with Crippen LogP contribution >= 0.6 is 0 Å². The average Bonchev–Trinajstić information content (AvgIpc) is 3.06. The predicted octanol–water partition coefficient (Wildman–Crippen LogP) is 1.62. The van der Waals surface area contributed by atoms with Gasteiger partial charge in [-0.2, -0.15) is 0 Å². The number of furan rings is 1. The zero-order valence-electron chi connectivity index (χ0n) is 13.0. The molecule has 0 aliphatic carbocycles. The molecule has 0 radical (unpaired) electrons. The number of nitrogens with one attached hydrogen (secondary N) is 2. The van der Waals surface area contributed by atoms with Crippen molar-refractivity contribution in [3.05, 3.63) is 47.7 Å². The van der Waals surface area contributed by atoms with Crippen molar-refractivity contribution in [2.75, 3.05) is 19.0 Å². The standard InChI is InChI=1S/C15H16N2O6S/c1-3-22-15(19)10-6-4-5-7-11(10)17-14(18)12-8-9-13(23-12)24(20,21)16-2/h4-9,16H,3H2,1-2H3,(H,17,18). The second kappa shape index (κ2) is 7.28. The van der Waals surface area contributed by atoms with Crippen LogP contribution in [0.4, 0.5) is 5.69 Å². The molecule has 128 valence electrons. The summed E-state index contributed by atoms with van der Waals surface area (Å²) in [5.74, 6) is -1.47. The number of esters is 1. The Hall–Kier alpha value is -2.65. The number of para-hydroxylation sites is 1. The first kappa shape index (κ1) is 17.7. The fourth-order valence-electron chi connectivity index (χ4n) is 1.85. The van der Waals surface area contributed by atoms with Crippen LogP contribution in [0.5, 0.6) is 0 Å². The SMILES string of the molecule is CCOC(=O)c1ccccc1NC(=O)c1ccc(S(=O)(=O)NC)o1. The van der Waals surface area contributed by atoms with Crippen LogP contribution in [0.3, 0.4) is 0 Å². The highest BCUT2D eigenvalue weighted by Crippen LogP contribution is 2.19. The van der Waals surface area contributed by atoms with Crippen LogP contribution in [0.1, 0.15) is 27.8 Å². The minimum absolute atomic E-state index is 0.183. The number of hydrogen-bond donors (Lipinski definition) is 2. The number of hydrogen-bond acceptors (Lipinski definition) is 6. The van der Waals surface area contributed by atoms with Crippen LogP contribution in [-0.2, 0) is 14.8 Å². The lowest BCUT2D eigenvalue weighted by molar-refractivity contribution is 0.0527. The summed E-state index contributed by atoms with van der Waals surface area (Å²) in [6.07, 6.45) is 0. The van der Waals surface area contributed by atoms with E-state index in [4.69, 9.17) is 9.15 Å². The molecule has 1 aromatic heterocycles. The van der Waals surface area contributed by atoms with Gasteiger partial charge in [0.05, 0.1) is 17.9 Å². The summed E-state index contributed by atoms with van der Waals surface area (Å²) in [6.45, 7) is 1.87. The second-order valence-electron chi connectivity index (χ2n) is 4.55. The molecule has 0 atom stereocenters.